The highest BCUT2D eigenvalue weighted by Crippen LogP contribution is 2.43. The van der Waals surface area contributed by atoms with E-state index in [4.69, 9.17) is 25.5 Å². The summed E-state index contributed by atoms with van der Waals surface area (Å²) < 4.78 is 17.7. The van der Waals surface area contributed by atoms with E-state index >= 15 is 0 Å². The molecule has 0 radical (unpaired) electrons. The molecule has 38 heavy (non-hydrogen) atoms. The molecule has 0 spiro atoms. The van der Waals surface area contributed by atoms with Gasteiger partial charge < -0.3 is 13.9 Å². The van der Waals surface area contributed by atoms with Crippen LogP contribution in [0.15, 0.2) is 69.9 Å². The first-order valence-electron chi connectivity index (χ1n) is 13.0. The molecule has 0 bridgehead atoms. The zero-order valence-electron chi connectivity index (χ0n) is 21.8. The van der Waals surface area contributed by atoms with Gasteiger partial charge in [0, 0.05) is 10.7 Å². The molecule has 1 unspecified atom stereocenters. The number of unbranched alkanes of at least 4 members (excludes halogenated alkanes) is 2. The van der Waals surface area contributed by atoms with Crippen LogP contribution >= 0.6 is 11.6 Å². The summed E-state index contributed by atoms with van der Waals surface area (Å²) in [6.45, 7) is 4.80. The Balaban J connectivity index is 1.66. The number of carbonyl (C=O) groups excluding carboxylic acids is 1. The monoisotopic (exact) mass is 531 g/mol. The quantitative estimate of drug-likeness (QED) is 0.211. The Morgan fingerprint density at radius 2 is 1.74 bits per heavy atom. The molecular formula is C31H30ClNO5. The lowest BCUT2D eigenvalue weighted by molar-refractivity contribution is 0.0971. The van der Waals surface area contributed by atoms with E-state index < -0.39 is 6.04 Å². The standard InChI is InChI=1S/C31H30ClNO5/c1-4-6-7-16-37-25-14-10-20(17-26(25)36-3)28-27-29(34)23-18-21(32)11-15-24(23)38-30(27)31(35)33(28)22-12-8-19(5-2)9-13-22/h8-15,17-18,28H,4-7,16H2,1-3H3. The summed E-state index contributed by atoms with van der Waals surface area (Å²) in [5.74, 6) is 0.817. The van der Waals surface area contributed by atoms with Gasteiger partial charge in [-0.25, -0.2) is 0 Å². The Kier molecular flexibility index (Phi) is 7.43. The molecule has 0 fully saturated rings. The second-order valence-electron chi connectivity index (χ2n) is 9.38. The Morgan fingerprint density at radius 1 is 0.947 bits per heavy atom. The van der Waals surface area contributed by atoms with Crippen molar-refractivity contribution in [3.05, 3.63) is 98.4 Å². The van der Waals surface area contributed by atoms with Crippen LogP contribution in [0.25, 0.3) is 11.0 Å². The fourth-order valence-electron chi connectivity index (χ4n) is 4.93. The number of benzene rings is 3. The smallest absolute Gasteiger partial charge is 0.295 e. The molecule has 0 N–H and O–H groups in total. The molecule has 0 saturated carbocycles. The molecule has 1 atom stereocenters. The van der Waals surface area contributed by atoms with Crippen LogP contribution in [0.1, 0.15) is 66.4 Å². The number of halogens is 1. The first-order chi connectivity index (χ1) is 18.5. The minimum absolute atomic E-state index is 0.0354. The second-order valence-corrected chi connectivity index (χ2v) is 9.81. The maximum atomic E-state index is 13.8. The summed E-state index contributed by atoms with van der Waals surface area (Å²) >= 11 is 6.21. The number of hydrogen-bond donors (Lipinski definition) is 0. The Labute approximate surface area is 226 Å². The van der Waals surface area contributed by atoms with Crippen molar-refractivity contribution in [3.8, 4) is 11.5 Å². The van der Waals surface area contributed by atoms with Crippen molar-refractivity contribution in [3.63, 3.8) is 0 Å². The van der Waals surface area contributed by atoms with E-state index in [1.165, 1.54) is 0 Å². The molecule has 1 amide bonds. The van der Waals surface area contributed by atoms with Crippen molar-refractivity contribution in [2.24, 2.45) is 0 Å². The van der Waals surface area contributed by atoms with E-state index in [1.807, 2.05) is 42.5 Å². The highest BCUT2D eigenvalue weighted by atomic mass is 35.5. The summed E-state index contributed by atoms with van der Waals surface area (Å²) in [6, 6.07) is 17.4. The highest BCUT2D eigenvalue weighted by Gasteiger charge is 2.44. The van der Waals surface area contributed by atoms with Crippen LogP contribution in [0.5, 0.6) is 11.5 Å². The lowest BCUT2D eigenvalue weighted by Gasteiger charge is -2.26. The van der Waals surface area contributed by atoms with Gasteiger partial charge in [-0.3, -0.25) is 14.5 Å². The predicted octanol–water partition coefficient (Wildman–Crippen LogP) is 7.34. The van der Waals surface area contributed by atoms with E-state index in [9.17, 15) is 9.59 Å². The van der Waals surface area contributed by atoms with Gasteiger partial charge in [-0.05, 0) is 66.4 Å². The summed E-state index contributed by atoms with van der Waals surface area (Å²) in [5, 5.41) is 0.754. The lowest BCUT2D eigenvalue weighted by atomic mass is 9.97. The number of nitrogens with zero attached hydrogens (tertiary/aromatic N) is 1. The average Bonchev–Trinajstić information content (AvgIpc) is 3.23. The zero-order chi connectivity index (χ0) is 26.8. The van der Waals surface area contributed by atoms with Crippen molar-refractivity contribution < 1.29 is 18.7 Å². The molecule has 4 aromatic rings. The second kappa shape index (κ2) is 10.9. The van der Waals surface area contributed by atoms with Gasteiger partial charge >= 0.3 is 0 Å². The molecule has 1 aromatic heterocycles. The first kappa shape index (κ1) is 25.9. The molecule has 1 aliphatic rings. The fourth-order valence-corrected chi connectivity index (χ4v) is 5.10. The summed E-state index contributed by atoms with van der Waals surface area (Å²) in [4.78, 5) is 29.3. The maximum Gasteiger partial charge on any atom is 0.295 e. The van der Waals surface area contributed by atoms with Gasteiger partial charge in [-0.2, -0.15) is 0 Å². The molecule has 7 heteroatoms. The highest BCUT2D eigenvalue weighted by molar-refractivity contribution is 6.31. The third-order valence-electron chi connectivity index (χ3n) is 6.96. The summed E-state index contributed by atoms with van der Waals surface area (Å²) in [5.41, 5.74) is 2.85. The molecule has 6 nitrogen and oxygen atoms in total. The molecule has 196 valence electrons. The van der Waals surface area contributed by atoms with Crippen molar-refractivity contribution in [1.82, 2.24) is 0 Å². The van der Waals surface area contributed by atoms with E-state index in [0.717, 1.165) is 31.2 Å². The van der Waals surface area contributed by atoms with Gasteiger partial charge in [0.25, 0.3) is 5.91 Å². The first-order valence-corrected chi connectivity index (χ1v) is 13.3. The van der Waals surface area contributed by atoms with E-state index in [-0.39, 0.29) is 22.7 Å². The van der Waals surface area contributed by atoms with Crippen LogP contribution in [0.2, 0.25) is 5.02 Å². The Bertz CT molecular complexity index is 1540. The molecular weight excluding hydrogens is 502 g/mol. The molecule has 1 aliphatic heterocycles. The fraction of sp³-hybridized carbons (Fsp3) is 0.290. The maximum absolute atomic E-state index is 13.8. The normalized spacial score (nSPS) is 14.7. The van der Waals surface area contributed by atoms with Crippen LogP contribution in [0, 0.1) is 0 Å². The van der Waals surface area contributed by atoms with Gasteiger partial charge in [0.15, 0.2) is 16.9 Å². The van der Waals surface area contributed by atoms with E-state index in [2.05, 4.69) is 13.8 Å². The predicted molar refractivity (Wildman–Crippen MR) is 150 cm³/mol. The third-order valence-corrected chi connectivity index (χ3v) is 7.20. The van der Waals surface area contributed by atoms with Gasteiger partial charge in [-0.15, -0.1) is 0 Å². The average molecular weight is 532 g/mol. The number of methoxy groups -OCH3 is 1. The number of fused-ring (bicyclic) bond motifs is 2. The van der Waals surface area contributed by atoms with Gasteiger partial charge in [-0.1, -0.05) is 56.5 Å². The minimum Gasteiger partial charge on any atom is -0.493 e. The van der Waals surface area contributed by atoms with E-state index in [0.29, 0.717) is 45.3 Å². The van der Waals surface area contributed by atoms with Crippen LogP contribution in [-0.4, -0.2) is 19.6 Å². The number of aryl methyl sites for hydroxylation is 1. The Morgan fingerprint density at radius 3 is 2.45 bits per heavy atom. The zero-order valence-corrected chi connectivity index (χ0v) is 22.5. The van der Waals surface area contributed by atoms with Gasteiger partial charge in [0.05, 0.1) is 30.7 Å². The number of rotatable bonds is 9. The van der Waals surface area contributed by atoms with Crippen LogP contribution in [0.3, 0.4) is 0 Å². The Hall–Kier alpha value is -3.77. The van der Waals surface area contributed by atoms with Crippen molar-refractivity contribution in [1.29, 1.82) is 0 Å². The molecule has 3 aromatic carbocycles. The van der Waals surface area contributed by atoms with Gasteiger partial charge in [0.2, 0.25) is 5.76 Å². The minimum atomic E-state index is -0.715. The number of ether oxygens (including phenoxy) is 2. The number of anilines is 1. The van der Waals surface area contributed by atoms with E-state index in [1.54, 1.807) is 30.2 Å². The van der Waals surface area contributed by atoms with Crippen molar-refractivity contribution >= 4 is 34.2 Å². The van der Waals surface area contributed by atoms with Gasteiger partial charge in [0.1, 0.15) is 5.58 Å². The molecule has 0 aliphatic carbocycles. The van der Waals surface area contributed by atoms with Crippen LogP contribution in [-0.2, 0) is 6.42 Å². The largest absolute Gasteiger partial charge is 0.493 e. The topological polar surface area (TPSA) is 69.0 Å². The molecule has 2 heterocycles. The third kappa shape index (κ3) is 4.65. The van der Waals surface area contributed by atoms with Crippen LogP contribution in [0.4, 0.5) is 5.69 Å². The molecule has 5 rings (SSSR count). The SMILES string of the molecule is CCCCCOc1ccc(C2c3c(oc4ccc(Cl)cc4c3=O)C(=O)N2c2ccc(CC)cc2)cc1OC. The lowest BCUT2D eigenvalue weighted by Crippen LogP contribution is -2.29. The molecule has 0 saturated heterocycles. The van der Waals surface area contributed by atoms with Crippen molar-refractivity contribution in [2.75, 3.05) is 18.6 Å². The number of amides is 1. The summed E-state index contributed by atoms with van der Waals surface area (Å²) in [6.07, 6.45) is 4.01. The number of hydrogen-bond acceptors (Lipinski definition) is 5. The summed E-state index contributed by atoms with van der Waals surface area (Å²) in [7, 11) is 1.58. The van der Waals surface area contributed by atoms with Crippen molar-refractivity contribution in [2.45, 2.75) is 45.6 Å². The number of carbonyl (C=O) groups is 1. The van der Waals surface area contributed by atoms with Crippen LogP contribution < -0.4 is 19.8 Å².